The fourth-order valence-electron chi connectivity index (χ4n) is 3.88. The Morgan fingerprint density at radius 3 is 2.71 bits per heavy atom. The summed E-state index contributed by atoms with van der Waals surface area (Å²) in [6.45, 7) is 0.675. The molecule has 146 valence electrons. The molecule has 1 fully saturated rings. The summed E-state index contributed by atoms with van der Waals surface area (Å²) in [7, 11) is 1.36. The maximum atomic E-state index is 12.9. The number of rotatable bonds is 4. The maximum absolute atomic E-state index is 12.9. The lowest BCUT2D eigenvalue weighted by atomic mass is 9.95. The number of methoxy groups -OCH3 is 1. The van der Waals surface area contributed by atoms with Crippen LogP contribution < -0.4 is 10.2 Å². The highest BCUT2D eigenvalue weighted by Gasteiger charge is 2.27. The number of fused-ring (bicyclic) bond motifs is 1. The largest absolute Gasteiger partial charge is 0.465 e. The number of carbonyl (C=O) groups is 3. The number of benzene rings is 1. The minimum Gasteiger partial charge on any atom is -0.465 e. The van der Waals surface area contributed by atoms with E-state index in [-0.39, 0.29) is 11.8 Å². The molecule has 0 radical (unpaired) electrons. The predicted molar refractivity (Wildman–Crippen MR) is 108 cm³/mol. The summed E-state index contributed by atoms with van der Waals surface area (Å²) in [5.41, 5.74) is 2.68. The highest BCUT2D eigenvalue weighted by Crippen LogP contribution is 2.38. The van der Waals surface area contributed by atoms with Gasteiger partial charge in [-0.3, -0.25) is 9.59 Å². The van der Waals surface area contributed by atoms with E-state index in [0.29, 0.717) is 29.1 Å². The Kier molecular flexibility index (Phi) is 5.17. The summed E-state index contributed by atoms with van der Waals surface area (Å²) in [4.78, 5) is 40.1. The molecule has 1 aliphatic carbocycles. The Morgan fingerprint density at radius 2 is 1.96 bits per heavy atom. The molecule has 28 heavy (non-hydrogen) atoms. The first-order valence-electron chi connectivity index (χ1n) is 9.53. The van der Waals surface area contributed by atoms with E-state index in [1.165, 1.54) is 18.4 Å². The van der Waals surface area contributed by atoms with Crippen LogP contribution in [0.15, 0.2) is 24.3 Å². The van der Waals surface area contributed by atoms with Crippen molar-refractivity contribution in [2.45, 2.75) is 38.5 Å². The third-order valence-electron chi connectivity index (χ3n) is 5.28. The van der Waals surface area contributed by atoms with Gasteiger partial charge in [0.2, 0.25) is 5.91 Å². The summed E-state index contributed by atoms with van der Waals surface area (Å²) in [6.07, 6.45) is 5.25. The van der Waals surface area contributed by atoms with Crippen LogP contribution in [0.25, 0.3) is 0 Å². The van der Waals surface area contributed by atoms with Crippen molar-refractivity contribution in [3.05, 3.63) is 45.8 Å². The van der Waals surface area contributed by atoms with Crippen LogP contribution in [0.5, 0.6) is 0 Å². The number of ether oxygens (including phenoxy) is 1. The molecule has 1 N–H and O–H groups in total. The minimum absolute atomic E-state index is 0.0801. The molecule has 0 spiro atoms. The number of esters is 1. The van der Waals surface area contributed by atoms with Gasteiger partial charge in [0.15, 0.2) is 0 Å². The van der Waals surface area contributed by atoms with Crippen molar-refractivity contribution in [1.82, 2.24) is 0 Å². The molecule has 0 saturated carbocycles. The number of nitrogens with one attached hydrogen (secondary N) is 1. The third-order valence-corrected chi connectivity index (χ3v) is 6.49. The standard InChI is InChI=1S/C21H22N2O4S/c1-27-21(26)18-15-8-2-3-9-16(15)28-20(18)22-19(25)13-6-4-7-14(12-13)23-11-5-10-17(23)24/h4,6-7,12H,2-3,5,8-11H2,1H3,(H,22,25). The summed E-state index contributed by atoms with van der Waals surface area (Å²) < 4.78 is 4.96. The SMILES string of the molecule is COC(=O)c1c(NC(=O)c2cccc(N3CCCC3=O)c2)sc2c1CCCC2. The zero-order chi connectivity index (χ0) is 19.7. The summed E-state index contributed by atoms with van der Waals surface area (Å²) in [6, 6.07) is 7.05. The Balaban J connectivity index is 1.61. The Bertz CT molecular complexity index is 950. The fraction of sp³-hybridized carbons (Fsp3) is 0.381. The van der Waals surface area contributed by atoms with Gasteiger partial charge >= 0.3 is 5.97 Å². The number of hydrogen-bond acceptors (Lipinski definition) is 5. The number of aryl methyl sites for hydroxylation is 1. The molecule has 4 rings (SSSR count). The molecule has 1 aliphatic heterocycles. The van der Waals surface area contributed by atoms with E-state index in [1.807, 2.05) is 6.07 Å². The zero-order valence-corrected chi connectivity index (χ0v) is 16.6. The van der Waals surface area contributed by atoms with Gasteiger partial charge in [-0.05, 0) is 55.9 Å². The van der Waals surface area contributed by atoms with E-state index in [0.717, 1.165) is 48.2 Å². The summed E-state index contributed by atoms with van der Waals surface area (Å²) >= 11 is 1.46. The van der Waals surface area contributed by atoms with Gasteiger partial charge in [-0.25, -0.2) is 4.79 Å². The molecule has 2 aliphatic rings. The van der Waals surface area contributed by atoms with E-state index < -0.39 is 5.97 Å². The first-order valence-corrected chi connectivity index (χ1v) is 10.3. The normalized spacial score (nSPS) is 16.0. The van der Waals surface area contributed by atoms with Gasteiger partial charge in [0, 0.05) is 29.1 Å². The van der Waals surface area contributed by atoms with Crippen molar-refractivity contribution >= 4 is 39.8 Å². The van der Waals surface area contributed by atoms with E-state index >= 15 is 0 Å². The Morgan fingerprint density at radius 1 is 1.14 bits per heavy atom. The molecule has 2 heterocycles. The van der Waals surface area contributed by atoms with Crippen molar-refractivity contribution in [3.8, 4) is 0 Å². The molecule has 1 aromatic carbocycles. The van der Waals surface area contributed by atoms with Crippen LogP contribution in [0.3, 0.4) is 0 Å². The smallest absolute Gasteiger partial charge is 0.341 e. The summed E-state index contributed by atoms with van der Waals surface area (Å²) in [5, 5.41) is 3.45. The number of anilines is 2. The van der Waals surface area contributed by atoms with Crippen LogP contribution in [-0.4, -0.2) is 31.4 Å². The van der Waals surface area contributed by atoms with Crippen molar-refractivity contribution in [2.24, 2.45) is 0 Å². The number of hydrogen-bond donors (Lipinski definition) is 1. The van der Waals surface area contributed by atoms with Gasteiger partial charge in [-0.1, -0.05) is 6.07 Å². The average Bonchev–Trinajstić information content (AvgIpc) is 3.30. The second kappa shape index (κ2) is 7.75. The third kappa shape index (κ3) is 3.42. The first kappa shape index (κ1) is 18.7. The molecule has 2 amide bonds. The first-order chi connectivity index (χ1) is 13.6. The second-order valence-corrected chi connectivity index (χ2v) is 8.17. The average molecular weight is 398 g/mol. The molecule has 2 aromatic rings. The van der Waals surface area contributed by atoms with Gasteiger partial charge in [-0.15, -0.1) is 11.3 Å². The molecule has 0 bridgehead atoms. The molecular formula is C21H22N2O4S. The van der Waals surface area contributed by atoms with Crippen molar-refractivity contribution in [2.75, 3.05) is 23.9 Å². The zero-order valence-electron chi connectivity index (χ0n) is 15.7. The number of amides is 2. The number of thiophene rings is 1. The highest BCUT2D eigenvalue weighted by molar-refractivity contribution is 7.17. The minimum atomic E-state index is -0.411. The van der Waals surface area contributed by atoms with Crippen LogP contribution in [0.4, 0.5) is 10.7 Å². The van der Waals surface area contributed by atoms with Crippen LogP contribution in [0, 0.1) is 0 Å². The van der Waals surface area contributed by atoms with Crippen LogP contribution in [0.1, 0.15) is 56.8 Å². The lowest BCUT2D eigenvalue weighted by Crippen LogP contribution is -2.24. The van der Waals surface area contributed by atoms with E-state index in [4.69, 9.17) is 4.74 Å². The predicted octanol–water partition coefficient (Wildman–Crippen LogP) is 3.79. The van der Waals surface area contributed by atoms with Gasteiger partial charge in [0.05, 0.1) is 12.7 Å². The van der Waals surface area contributed by atoms with Gasteiger partial charge in [0.25, 0.3) is 5.91 Å². The van der Waals surface area contributed by atoms with Crippen LogP contribution in [-0.2, 0) is 22.4 Å². The Labute approximate surface area is 167 Å². The monoisotopic (exact) mass is 398 g/mol. The van der Waals surface area contributed by atoms with Crippen molar-refractivity contribution < 1.29 is 19.1 Å². The lowest BCUT2D eigenvalue weighted by molar-refractivity contribution is -0.117. The van der Waals surface area contributed by atoms with Gasteiger partial charge in [-0.2, -0.15) is 0 Å². The van der Waals surface area contributed by atoms with Crippen molar-refractivity contribution in [1.29, 1.82) is 0 Å². The highest BCUT2D eigenvalue weighted by atomic mass is 32.1. The Hall–Kier alpha value is -2.67. The van der Waals surface area contributed by atoms with E-state index in [9.17, 15) is 14.4 Å². The maximum Gasteiger partial charge on any atom is 0.341 e. The number of carbonyl (C=O) groups excluding carboxylic acids is 3. The molecule has 0 atom stereocenters. The second-order valence-electron chi connectivity index (χ2n) is 7.06. The molecule has 1 saturated heterocycles. The fourth-order valence-corrected chi connectivity index (χ4v) is 5.16. The molecule has 0 unspecified atom stereocenters. The molecule has 6 nitrogen and oxygen atoms in total. The number of nitrogens with zero attached hydrogens (tertiary/aromatic N) is 1. The quantitative estimate of drug-likeness (QED) is 0.795. The van der Waals surface area contributed by atoms with Crippen LogP contribution >= 0.6 is 11.3 Å². The van der Waals surface area contributed by atoms with Crippen molar-refractivity contribution in [3.63, 3.8) is 0 Å². The summed E-state index contributed by atoms with van der Waals surface area (Å²) in [5.74, 6) is -0.625. The van der Waals surface area contributed by atoms with Gasteiger partial charge in [0.1, 0.15) is 5.00 Å². The topological polar surface area (TPSA) is 75.7 Å². The molecule has 1 aromatic heterocycles. The molecular weight excluding hydrogens is 376 g/mol. The van der Waals surface area contributed by atoms with Gasteiger partial charge < -0.3 is 15.0 Å². The van der Waals surface area contributed by atoms with E-state index in [2.05, 4.69) is 5.32 Å². The lowest BCUT2D eigenvalue weighted by Gasteiger charge is -2.16. The molecule has 7 heteroatoms. The van der Waals surface area contributed by atoms with E-state index in [1.54, 1.807) is 23.1 Å². The van der Waals surface area contributed by atoms with Crippen LogP contribution in [0.2, 0.25) is 0 Å².